The third-order valence-electron chi connectivity index (χ3n) is 4.11. The molecule has 2 heterocycles. The molecule has 0 amide bonds. The second-order valence-corrected chi connectivity index (χ2v) is 9.62. The van der Waals surface area contributed by atoms with Gasteiger partial charge in [-0.05, 0) is 46.3 Å². The van der Waals surface area contributed by atoms with E-state index >= 15 is 0 Å². The van der Waals surface area contributed by atoms with Crippen LogP contribution in [0, 0.1) is 11.3 Å². The highest BCUT2D eigenvalue weighted by Gasteiger charge is 2.35. The standard InChI is InChI=1S/C17H28BrN3OS/c1-17(2,3)15-12(6-5-9-22-15)10-20-16(19-4)21-11-13-7-8-14(18)23-13/h7-8,12,15H,5-6,9-11H2,1-4H3,(H2,19,20,21). The summed E-state index contributed by atoms with van der Waals surface area (Å²) in [4.78, 5) is 5.61. The molecule has 1 aliphatic rings. The number of thiophene rings is 1. The molecule has 130 valence electrons. The number of halogens is 1. The van der Waals surface area contributed by atoms with Gasteiger partial charge in [-0.15, -0.1) is 11.3 Å². The second kappa shape index (κ2) is 8.49. The molecule has 6 heteroatoms. The van der Waals surface area contributed by atoms with Gasteiger partial charge in [0.05, 0.1) is 16.4 Å². The molecule has 1 aliphatic heterocycles. The van der Waals surface area contributed by atoms with Gasteiger partial charge in [0.1, 0.15) is 0 Å². The van der Waals surface area contributed by atoms with Gasteiger partial charge in [0.25, 0.3) is 0 Å². The van der Waals surface area contributed by atoms with Crippen LogP contribution in [0.25, 0.3) is 0 Å². The number of nitrogens with zero attached hydrogens (tertiary/aromatic N) is 1. The summed E-state index contributed by atoms with van der Waals surface area (Å²) < 4.78 is 7.21. The van der Waals surface area contributed by atoms with E-state index in [2.05, 4.69) is 64.5 Å². The first-order valence-corrected chi connectivity index (χ1v) is 9.81. The van der Waals surface area contributed by atoms with Gasteiger partial charge in [0, 0.05) is 31.0 Å². The Balaban J connectivity index is 1.84. The molecule has 2 N–H and O–H groups in total. The molecule has 0 bridgehead atoms. The minimum atomic E-state index is 0.174. The summed E-state index contributed by atoms with van der Waals surface area (Å²) in [6.45, 7) is 9.36. The van der Waals surface area contributed by atoms with Crippen molar-refractivity contribution >= 4 is 33.2 Å². The smallest absolute Gasteiger partial charge is 0.191 e. The van der Waals surface area contributed by atoms with Crippen LogP contribution in [0.4, 0.5) is 0 Å². The molecule has 0 spiro atoms. The predicted molar refractivity (Wildman–Crippen MR) is 102 cm³/mol. The molecule has 1 aromatic rings. The van der Waals surface area contributed by atoms with Gasteiger partial charge in [-0.25, -0.2) is 0 Å². The summed E-state index contributed by atoms with van der Waals surface area (Å²) in [5, 5.41) is 6.85. The Labute approximate surface area is 152 Å². The number of guanidine groups is 1. The fourth-order valence-corrected chi connectivity index (χ4v) is 4.50. The Hall–Kier alpha value is -0.590. The molecule has 2 atom stereocenters. The van der Waals surface area contributed by atoms with E-state index < -0.39 is 0 Å². The van der Waals surface area contributed by atoms with E-state index in [9.17, 15) is 0 Å². The molecular formula is C17H28BrN3OS. The van der Waals surface area contributed by atoms with E-state index in [-0.39, 0.29) is 5.41 Å². The van der Waals surface area contributed by atoms with E-state index in [0.717, 1.165) is 35.9 Å². The quantitative estimate of drug-likeness (QED) is 0.591. The van der Waals surface area contributed by atoms with Crippen molar-refractivity contribution in [3.8, 4) is 0 Å². The van der Waals surface area contributed by atoms with Crippen molar-refractivity contribution in [3.05, 3.63) is 20.8 Å². The summed E-state index contributed by atoms with van der Waals surface area (Å²) >= 11 is 5.24. The number of rotatable bonds is 4. The lowest BCUT2D eigenvalue weighted by Crippen LogP contribution is -2.47. The first-order chi connectivity index (χ1) is 10.9. The molecule has 1 fully saturated rings. The monoisotopic (exact) mass is 401 g/mol. The molecule has 0 aromatic carbocycles. The van der Waals surface area contributed by atoms with Gasteiger partial charge in [-0.3, -0.25) is 4.99 Å². The highest BCUT2D eigenvalue weighted by Crippen LogP contribution is 2.33. The fourth-order valence-electron chi connectivity index (χ4n) is 3.08. The van der Waals surface area contributed by atoms with Crippen LogP contribution in [0.2, 0.25) is 0 Å². The number of hydrogen-bond donors (Lipinski definition) is 2. The summed E-state index contributed by atoms with van der Waals surface area (Å²) in [5.41, 5.74) is 0.174. The van der Waals surface area contributed by atoms with Gasteiger partial charge in [-0.1, -0.05) is 20.8 Å². The van der Waals surface area contributed by atoms with Crippen molar-refractivity contribution in [2.24, 2.45) is 16.3 Å². The maximum Gasteiger partial charge on any atom is 0.191 e. The molecule has 0 saturated carbocycles. The van der Waals surface area contributed by atoms with Gasteiger partial charge in [0.2, 0.25) is 0 Å². The molecule has 0 radical (unpaired) electrons. The number of hydrogen-bond acceptors (Lipinski definition) is 3. The predicted octanol–water partition coefficient (Wildman–Crippen LogP) is 4.02. The zero-order chi connectivity index (χ0) is 16.9. The Kier molecular flexibility index (Phi) is 6.92. The third kappa shape index (κ3) is 5.76. The molecule has 23 heavy (non-hydrogen) atoms. The average Bonchev–Trinajstić information content (AvgIpc) is 2.92. The molecule has 2 rings (SSSR count). The average molecular weight is 402 g/mol. The van der Waals surface area contributed by atoms with Crippen LogP contribution in [-0.4, -0.2) is 32.3 Å². The van der Waals surface area contributed by atoms with Crippen molar-refractivity contribution in [1.82, 2.24) is 10.6 Å². The van der Waals surface area contributed by atoms with Crippen molar-refractivity contribution in [2.75, 3.05) is 20.2 Å². The Morgan fingerprint density at radius 1 is 1.39 bits per heavy atom. The lowest BCUT2D eigenvalue weighted by Gasteiger charge is -2.40. The minimum absolute atomic E-state index is 0.174. The van der Waals surface area contributed by atoms with E-state index in [1.807, 2.05) is 7.05 Å². The lowest BCUT2D eigenvalue weighted by atomic mass is 9.78. The van der Waals surface area contributed by atoms with Gasteiger partial charge in [0.15, 0.2) is 5.96 Å². The molecule has 0 aliphatic carbocycles. The highest BCUT2D eigenvalue weighted by molar-refractivity contribution is 9.11. The highest BCUT2D eigenvalue weighted by atomic mass is 79.9. The maximum atomic E-state index is 6.05. The van der Waals surface area contributed by atoms with Crippen LogP contribution in [0.15, 0.2) is 20.9 Å². The number of ether oxygens (including phenoxy) is 1. The molecular weight excluding hydrogens is 374 g/mol. The summed E-state index contributed by atoms with van der Waals surface area (Å²) in [6, 6.07) is 4.20. The molecule has 1 aromatic heterocycles. The molecule has 2 unspecified atom stereocenters. The third-order valence-corrected chi connectivity index (χ3v) is 5.74. The van der Waals surface area contributed by atoms with Gasteiger partial charge < -0.3 is 15.4 Å². The number of nitrogens with one attached hydrogen (secondary N) is 2. The Morgan fingerprint density at radius 2 is 2.17 bits per heavy atom. The van der Waals surface area contributed by atoms with Crippen molar-refractivity contribution < 1.29 is 4.74 Å². The second-order valence-electron chi connectivity index (χ2n) is 7.07. The van der Waals surface area contributed by atoms with Gasteiger partial charge in [-0.2, -0.15) is 0 Å². The zero-order valence-corrected chi connectivity index (χ0v) is 16.9. The summed E-state index contributed by atoms with van der Waals surface area (Å²) in [7, 11) is 1.82. The maximum absolute atomic E-state index is 6.05. The van der Waals surface area contributed by atoms with E-state index in [1.165, 1.54) is 11.3 Å². The van der Waals surface area contributed by atoms with Crippen LogP contribution < -0.4 is 10.6 Å². The van der Waals surface area contributed by atoms with Crippen LogP contribution in [0.1, 0.15) is 38.5 Å². The van der Waals surface area contributed by atoms with Crippen molar-refractivity contribution in [1.29, 1.82) is 0 Å². The van der Waals surface area contributed by atoms with E-state index in [0.29, 0.717) is 12.0 Å². The van der Waals surface area contributed by atoms with Crippen LogP contribution >= 0.6 is 27.3 Å². The topological polar surface area (TPSA) is 45.7 Å². The molecule has 1 saturated heterocycles. The summed E-state index contributed by atoms with van der Waals surface area (Å²) in [5.74, 6) is 1.38. The Bertz CT molecular complexity index is 524. The Morgan fingerprint density at radius 3 is 2.78 bits per heavy atom. The number of aliphatic imine (C=N–C) groups is 1. The van der Waals surface area contributed by atoms with Crippen LogP contribution in [-0.2, 0) is 11.3 Å². The lowest BCUT2D eigenvalue weighted by molar-refractivity contribution is -0.0835. The minimum Gasteiger partial charge on any atom is -0.377 e. The molecule has 4 nitrogen and oxygen atoms in total. The van der Waals surface area contributed by atoms with Crippen molar-refractivity contribution in [3.63, 3.8) is 0 Å². The fraction of sp³-hybridized carbons (Fsp3) is 0.706. The first-order valence-electron chi connectivity index (χ1n) is 8.20. The van der Waals surface area contributed by atoms with Crippen LogP contribution in [0.3, 0.4) is 0 Å². The van der Waals surface area contributed by atoms with E-state index in [1.54, 1.807) is 11.3 Å². The zero-order valence-electron chi connectivity index (χ0n) is 14.5. The SMILES string of the molecule is CN=C(NCc1ccc(Br)s1)NCC1CCCOC1C(C)(C)C. The van der Waals surface area contributed by atoms with Gasteiger partial charge >= 0.3 is 0 Å². The largest absolute Gasteiger partial charge is 0.377 e. The first kappa shape index (κ1) is 18.7. The normalized spacial score (nSPS) is 22.9. The van der Waals surface area contributed by atoms with Crippen molar-refractivity contribution in [2.45, 2.75) is 46.3 Å². The summed E-state index contributed by atoms with van der Waals surface area (Å²) in [6.07, 6.45) is 2.66. The van der Waals surface area contributed by atoms with E-state index in [4.69, 9.17) is 4.74 Å². The van der Waals surface area contributed by atoms with Crippen LogP contribution in [0.5, 0.6) is 0 Å².